The highest BCUT2D eigenvalue weighted by molar-refractivity contribution is 7.09. The van der Waals surface area contributed by atoms with Gasteiger partial charge in [-0.05, 0) is 48.9 Å². The highest BCUT2D eigenvalue weighted by Gasteiger charge is 2.35. The van der Waals surface area contributed by atoms with Crippen LogP contribution in [0.15, 0.2) is 46.7 Å². The van der Waals surface area contributed by atoms with E-state index in [1.54, 1.807) is 23.6 Å². The molecule has 1 saturated heterocycles. The summed E-state index contributed by atoms with van der Waals surface area (Å²) in [4.78, 5) is 37.9. The molecule has 2 bridgehead atoms. The van der Waals surface area contributed by atoms with Crippen molar-refractivity contribution in [3.63, 3.8) is 0 Å². The van der Waals surface area contributed by atoms with Gasteiger partial charge in [-0.15, -0.1) is 11.3 Å². The Labute approximate surface area is 178 Å². The number of pyridine rings is 1. The fraction of sp³-hybridized carbons (Fsp3) is 0.364. The van der Waals surface area contributed by atoms with Crippen molar-refractivity contribution in [2.24, 2.45) is 5.92 Å². The van der Waals surface area contributed by atoms with Gasteiger partial charge in [-0.1, -0.05) is 6.07 Å². The third kappa shape index (κ3) is 3.52. The van der Waals surface area contributed by atoms with Crippen molar-refractivity contribution in [1.82, 2.24) is 19.9 Å². The first kappa shape index (κ1) is 19.0. The molecule has 0 aliphatic carbocycles. The zero-order valence-electron chi connectivity index (χ0n) is 16.7. The number of aryl methyl sites for hydroxylation is 1. The van der Waals surface area contributed by atoms with Crippen LogP contribution in [0.3, 0.4) is 0 Å². The van der Waals surface area contributed by atoms with Crippen LogP contribution in [0, 0.1) is 12.8 Å². The summed E-state index contributed by atoms with van der Waals surface area (Å²) in [5, 5.41) is 4.84. The molecule has 1 amide bonds. The van der Waals surface area contributed by atoms with Crippen LogP contribution in [-0.2, 0) is 13.1 Å². The monoisotopic (exact) mass is 421 g/mol. The lowest BCUT2D eigenvalue weighted by molar-refractivity contribution is 0.0948. The Morgan fingerprint density at radius 3 is 2.93 bits per heavy atom. The minimum absolute atomic E-state index is 0.183. The van der Waals surface area contributed by atoms with E-state index in [1.165, 1.54) is 0 Å². The first-order valence-electron chi connectivity index (χ1n) is 10.2. The molecular formula is C22H23N5O2S. The largest absolute Gasteiger partial charge is 0.355 e. The second-order valence-electron chi connectivity index (χ2n) is 8.02. The van der Waals surface area contributed by atoms with E-state index in [0.29, 0.717) is 19.0 Å². The zero-order chi connectivity index (χ0) is 20.7. The van der Waals surface area contributed by atoms with Gasteiger partial charge in [0.1, 0.15) is 17.2 Å². The molecule has 30 heavy (non-hydrogen) atoms. The summed E-state index contributed by atoms with van der Waals surface area (Å²) in [7, 11) is 0. The lowest BCUT2D eigenvalue weighted by Gasteiger charge is -2.43. The Morgan fingerprint density at radius 2 is 2.13 bits per heavy atom. The molecule has 5 rings (SSSR count). The first-order valence-corrected chi connectivity index (χ1v) is 11.1. The summed E-state index contributed by atoms with van der Waals surface area (Å²) in [6, 6.07) is 9.51. The summed E-state index contributed by atoms with van der Waals surface area (Å²) in [5.74, 6) is 2.01. The van der Waals surface area contributed by atoms with Gasteiger partial charge in [0.05, 0.1) is 6.54 Å². The number of fused-ring (bicyclic) bond motifs is 4. The number of nitrogens with zero attached hydrogens (tertiary/aromatic N) is 4. The summed E-state index contributed by atoms with van der Waals surface area (Å²) in [6.07, 6.45) is 2.85. The predicted molar refractivity (Wildman–Crippen MR) is 116 cm³/mol. The van der Waals surface area contributed by atoms with Crippen molar-refractivity contribution in [3.8, 4) is 0 Å². The maximum atomic E-state index is 13.1. The van der Waals surface area contributed by atoms with Crippen LogP contribution in [-0.4, -0.2) is 33.5 Å². The number of hydrogen-bond donors (Lipinski definition) is 1. The molecule has 1 fully saturated rings. The average Bonchev–Trinajstić information content (AvgIpc) is 3.26. The van der Waals surface area contributed by atoms with Crippen LogP contribution in [0.2, 0.25) is 0 Å². The number of carbonyl (C=O) groups excluding carboxylic acids is 1. The molecule has 0 saturated carbocycles. The number of anilines is 1. The summed E-state index contributed by atoms with van der Waals surface area (Å²) >= 11 is 1.59. The van der Waals surface area contributed by atoms with Gasteiger partial charge in [-0.2, -0.15) is 0 Å². The Hall–Kier alpha value is -3.00. The molecule has 7 nitrogen and oxygen atoms in total. The minimum Gasteiger partial charge on any atom is -0.355 e. The maximum absolute atomic E-state index is 13.1. The van der Waals surface area contributed by atoms with E-state index < -0.39 is 0 Å². The molecule has 0 radical (unpaired) electrons. The van der Waals surface area contributed by atoms with Crippen LogP contribution in [0.25, 0.3) is 0 Å². The zero-order valence-corrected chi connectivity index (χ0v) is 17.6. The Balaban J connectivity index is 1.38. The number of amides is 1. The van der Waals surface area contributed by atoms with Crippen LogP contribution >= 0.6 is 11.3 Å². The normalized spacial score (nSPS) is 20.0. The highest BCUT2D eigenvalue weighted by Crippen LogP contribution is 2.36. The second-order valence-corrected chi connectivity index (χ2v) is 9.05. The fourth-order valence-corrected chi connectivity index (χ4v) is 5.25. The number of aromatic nitrogens is 3. The molecule has 2 atom stereocenters. The summed E-state index contributed by atoms with van der Waals surface area (Å²) < 4.78 is 1.82. The van der Waals surface area contributed by atoms with Gasteiger partial charge in [0.25, 0.3) is 11.5 Å². The SMILES string of the molecule is Cc1nccc(N2C[C@@H]3C[C@H](C2)c2ccc(C(=O)NCc4cccs4)c(=O)n2C3)n1. The van der Waals surface area contributed by atoms with Gasteiger partial charge in [-0.3, -0.25) is 9.59 Å². The molecule has 3 aromatic rings. The van der Waals surface area contributed by atoms with Crippen molar-refractivity contribution in [1.29, 1.82) is 0 Å². The van der Waals surface area contributed by atoms with Crippen LogP contribution < -0.4 is 15.8 Å². The van der Waals surface area contributed by atoms with Gasteiger partial charge in [0.15, 0.2) is 0 Å². The molecule has 1 N–H and O–H groups in total. The Morgan fingerprint density at radius 1 is 1.23 bits per heavy atom. The van der Waals surface area contributed by atoms with Crippen molar-refractivity contribution < 1.29 is 4.79 Å². The number of rotatable bonds is 4. The number of nitrogens with one attached hydrogen (secondary N) is 1. The lowest BCUT2D eigenvalue weighted by Crippen LogP contribution is -2.48. The molecule has 8 heteroatoms. The molecule has 0 aromatic carbocycles. The molecule has 0 unspecified atom stereocenters. The lowest BCUT2D eigenvalue weighted by atomic mass is 9.83. The standard InChI is InChI=1S/C22H23N5O2S/c1-14-23-7-6-20(25-14)26-11-15-9-16(13-26)19-5-4-18(22(29)27(19)12-15)21(28)24-10-17-3-2-8-30-17/h2-8,15-16H,9-13H2,1H3,(H,24,28)/t15-,16+/m0/s1. The first-order chi connectivity index (χ1) is 14.6. The fourth-order valence-electron chi connectivity index (χ4n) is 4.60. The maximum Gasteiger partial charge on any atom is 0.263 e. The van der Waals surface area contributed by atoms with Gasteiger partial charge in [0, 0.05) is 42.3 Å². The van der Waals surface area contributed by atoms with E-state index in [0.717, 1.165) is 41.7 Å². The quantitative estimate of drug-likeness (QED) is 0.700. The average molecular weight is 422 g/mol. The van der Waals surface area contributed by atoms with Gasteiger partial charge < -0.3 is 14.8 Å². The molecule has 0 spiro atoms. The van der Waals surface area contributed by atoms with E-state index in [2.05, 4.69) is 20.2 Å². The van der Waals surface area contributed by atoms with Crippen LogP contribution in [0.4, 0.5) is 5.82 Å². The second kappa shape index (κ2) is 7.68. The summed E-state index contributed by atoms with van der Waals surface area (Å²) in [6.45, 7) is 4.64. The van der Waals surface area contributed by atoms with E-state index in [4.69, 9.17) is 0 Å². The summed E-state index contributed by atoms with van der Waals surface area (Å²) in [5.41, 5.74) is 1.05. The molecule has 2 aliphatic heterocycles. The van der Waals surface area contributed by atoms with Crippen molar-refractivity contribution in [2.75, 3.05) is 18.0 Å². The van der Waals surface area contributed by atoms with Crippen molar-refractivity contribution in [3.05, 3.63) is 74.2 Å². The Bertz CT molecular complexity index is 1140. The van der Waals surface area contributed by atoms with Gasteiger partial charge >= 0.3 is 0 Å². The number of thiophene rings is 1. The number of piperidine rings is 1. The minimum atomic E-state index is -0.308. The molecule has 3 aromatic heterocycles. The molecule has 5 heterocycles. The molecular weight excluding hydrogens is 398 g/mol. The van der Waals surface area contributed by atoms with Crippen LogP contribution in [0.5, 0.6) is 0 Å². The smallest absolute Gasteiger partial charge is 0.263 e. The number of carbonyl (C=O) groups is 1. The third-order valence-electron chi connectivity index (χ3n) is 5.94. The third-order valence-corrected chi connectivity index (χ3v) is 6.81. The van der Waals surface area contributed by atoms with Crippen molar-refractivity contribution in [2.45, 2.75) is 32.4 Å². The van der Waals surface area contributed by atoms with Crippen molar-refractivity contribution >= 4 is 23.1 Å². The van der Waals surface area contributed by atoms with Gasteiger partial charge in [0.2, 0.25) is 0 Å². The predicted octanol–water partition coefficient (Wildman–Crippen LogP) is 2.56. The molecule has 154 valence electrons. The van der Waals surface area contributed by atoms with Gasteiger partial charge in [-0.25, -0.2) is 9.97 Å². The van der Waals surface area contributed by atoms with Crippen LogP contribution in [0.1, 0.15) is 39.1 Å². The van der Waals surface area contributed by atoms with E-state index in [-0.39, 0.29) is 22.9 Å². The molecule has 2 aliphatic rings. The van der Waals surface area contributed by atoms with E-state index >= 15 is 0 Å². The Kier molecular flexibility index (Phi) is 4.86. The van der Waals surface area contributed by atoms with E-state index in [1.807, 2.05) is 41.1 Å². The van der Waals surface area contributed by atoms with E-state index in [9.17, 15) is 9.59 Å². The highest BCUT2D eigenvalue weighted by atomic mass is 32.1. The number of hydrogen-bond acceptors (Lipinski definition) is 6. The topological polar surface area (TPSA) is 80.1 Å².